The third-order valence-corrected chi connectivity index (χ3v) is 3.11. The van der Waals surface area contributed by atoms with Crippen molar-refractivity contribution < 1.29 is 13.9 Å². The van der Waals surface area contributed by atoms with Gasteiger partial charge in [0, 0.05) is 12.6 Å². The van der Waals surface area contributed by atoms with Gasteiger partial charge in [-0.05, 0) is 26.0 Å². The monoisotopic (exact) mass is 253 g/mol. The van der Waals surface area contributed by atoms with E-state index in [-0.39, 0.29) is 11.9 Å². The topological polar surface area (TPSA) is 80.7 Å². The Morgan fingerprint density at radius 2 is 2.33 bits per heavy atom. The number of carbonyl (C=O) groups is 1. The molecule has 1 aromatic heterocycles. The summed E-state index contributed by atoms with van der Waals surface area (Å²) in [4.78, 5) is 13.5. The fourth-order valence-electron chi connectivity index (χ4n) is 2.05. The lowest BCUT2D eigenvalue weighted by Gasteiger charge is -2.36. The number of amides is 1. The SMILES string of the molecule is CC1CN(Cc2ccc(C(=O)NN)o2)C(C)CO1. The number of carbonyl (C=O) groups excluding carboxylic acids is 1. The van der Waals surface area contributed by atoms with Crippen LogP contribution in [0.4, 0.5) is 0 Å². The number of furan rings is 1. The van der Waals surface area contributed by atoms with E-state index in [1.165, 1.54) is 0 Å². The number of rotatable bonds is 3. The summed E-state index contributed by atoms with van der Waals surface area (Å²) in [6, 6.07) is 3.78. The second-order valence-electron chi connectivity index (χ2n) is 4.66. The van der Waals surface area contributed by atoms with Crippen LogP contribution >= 0.6 is 0 Å². The number of hydrazine groups is 1. The molecule has 1 saturated heterocycles. The van der Waals surface area contributed by atoms with Crippen molar-refractivity contribution in [1.82, 2.24) is 10.3 Å². The van der Waals surface area contributed by atoms with E-state index in [9.17, 15) is 4.79 Å². The van der Waals surface area contributed by atoms with E-state index in [2.05, 4.69) is 11.8 Å². The first-order valence-corrected chi connectivity index (χ1v) is 6.05. The Hall–Kier alpha value is -1.37. The van der Waals surface area contributed by atoms with Crippen LogP contribution in [0, 0.1) is 0 Å². The molecule has 0 spiro atoms. The van der Waals surface area contributed by atoms with Crippen LogP contribution in [-0.2, 0) is 11.3 Å². The molecule has 0 aromatic carbocycles. The average molecular weight is 253 g/mol. The van der Waals surface area contributed by atoms with Gasteiger partial charge in [-0.15, -0.1) is 0 Å². The lowest BCUT2D eigenvalue weighted by Crippen LogP contribution is -2.46. The van der Waals surface area contributed by atoms with Crippen LogP contribution in [0.25, 0.3) is 0 Å². The van der Waals surface area contributed by atoms with E-state index in [1.54, 1.807) is 12.1 Å². The molecular weight excluding hydrogens is 234 g/mol. The van der Waals surface area contributed by atoms with Crippen molar-refractivity contribution in [2.24, 2.45) is 5.84 Å². The fourth-order valence-corrected chi connectivity index (χ4v) is 2.05. The highest BCUT2D eigenvalue weighted by atomic mass is 16.5. The van der Waals surface area contributed by atoms with Crippen LogP contribution in [-0.4, -0.2) is 36.1 Å². The van der Waals surface area contributed by atoms with E-state index in [0.29, 0.717) is 12.6 Å². The molecule has 6 heteroatoms. The van der Waals surface area contributed by atoms with Gasteiger partial charge in [0.15, 0.2) is 5.76 Å². The molecule has 0 saturated carbocycles. The second-order valence-corrected chi connectivity index (χ2v) is 4.66. The molecule has 1 aliphatic heterocycles. The smallest absolute Gasteiger partial charge is 0.300 e. The molecule has 18 heavy (non-hydrogen) atoms. The largest absolute Gasteiger partial charge is 0.455 e. The second kappa shape index (κ2) is 5.51. The molecule has 1 amide bonds. The van der Waals surface area contributed by atoms with Crippen LogP contribution in [0.5, 0.6) is 0 Å². The number of nitrogens with one attached hydrogen (secondary N) is 1. The minimum atomic E-state index is -0.412. The predicted molar refractivity (Wildman–Crippen MR) is 65.6 cm³/mol. The first kappa shape index (κ1) is 13.1. The summed E-state index contributed by atoms with van der Waals surface area (Å²) in [6.45, 7) is 6.42. The number of hydrogen-bond acceptors (Lipinski definition) is 5. The summed E-state index contributed by atoms with van der Waals surface area (Å²) in [7, 11) is 0. The van der Waals surface area contributed by atoms with Gasteiger partial charge in [-0.2, -0.15) is 0 Å². The van der Waals surface area contributed by atoms with Crippen molar-refractivity contribution in [3.05, 3.63) is 23.7 Å². The highest BCUT2D eigenvalue weighted by Gasteiger charge is 2.24. The number of nitrogens with zero attached hydrogens (tertiary/aromatic N) is 1. The Kier molecular flexibility index (Phi) is 4.00. The molecule has 2 rings (SSSR count). The van der Waals surface area contributed by atoms with Gasteiger partial charge in [0.1, 0.15) is 5.76 Å². The Bertz CT molecular complexity index is 418. The number of morpholine rings is 1. The zero-order chi connectivity index (χ0) is 13.1. The number of nitrogens with two attached hydrogens (primary N) is 1. The lowest BCUT2D eigenvalue weighted by molar-refractivity contribution is -0.0546. The van der Waals surface area contributed by atoms with Crippen molar-refractivity contribution in [2.75, 3.05) is 13.2 Å². The van der Waals surface area contributed by atoms with Crippen molar-refractivity contribution in [2.45, 2.75) is 32.5 Å². The zero-order valence-electron chi connectivity index (χ0n) is 10.7. The highest BCUT2D eigenvalue weighted by molar-refractivity contribution is 5.90. The predicted octanol–water partition coefficient (Wildman–Crippen LogP) is 0.492. The first-order chi connectivity index (χ1) is 8.60. The van der Waals surface area contributed by atoms with Crippen molar-refractivity contribution in [3.63, 3.8) is 0 Å². The van der Waals surface area contributed by atoms with Crippen LogP contribution in [0.1, 0.15) is 30.2 Å². The van der Waals surface area contributed by atoms with Gasteiger partial charge in [0.25, 0.3) is 0 Å². The minimum Gasteiger partial charge on any atom is -0.455 e. The summed E-state index contributed by atoms with van der Waals surface area (Å²) in [5.41, 5.74) is 2.05. The maximum Gasteiger partial charge on any atom is 0.300 e. The van der Waals surface area contributed by atoms with Gasteiger partial charge in [-0.25, -0.2) is 5.84 Å². The Morgan fingerprint density at radius 3 is 3.06 bits per heavy atom. The Labute approximate surface area is 106 Å². The molecule has 2 atom stereocenters. The van der Waals surface area contributed by atoms with Crippen LogP contribution in [0.15, 0.2) is 16.5 Å². The standard InChI is InChI=1S/C12H19N3O3/c1-8-7-17-9(2)5-15(8)6-10-3-4-11(18-10)12(16)14-13/h3-4,8-9H,5-7,13H2,1-2H3,(H,14,16). The third kappa shape index (κ3) is 2.90. The molecule has 1 fully saturated rings. The summed E-state index contributed by atoms with van der Waals surface area (Å²) in [6.07, 6.45) is 0.225. The number of ether oxygens (including phenoxy) is 1. The fraction of sp³-hybridized carbons (Fsp3) is 0.583. The molecule has 1 aromatic rings. The minimum absolute atomic E-state index is 0.225. The van der Waals surface area contributed by atoms with Crippen LogP contribution in [0.2, 0.25) is 0 Å². The van der Waals surface area contributed by atoms with Gasteiger partial charge in [0.05, 0.1) is 19.3 Å². The van der Waals surface area contributed by atoms with Gasteiger partial charge >= 0.3 is 5.91 Å². The number of hydrogen-bond donors (Lipinski definition) is 2. The van der Waals surface area contributed by atoms with Gasteiger partial charge < -0.3 is 9.15 Å². The summed E-state index contributed by atoms with van der Waals surface area (Å²) < 4.78 is 11.0. The molecule has 100 valence electrons. The van der Waals surface area contributed by atoms with Gasteiger partial charge in [-0.3, -0.25) is 15.1 Å². The van der Waals surface area contributed by atoms with E-state index in [4.69, 9.17) is 15.0 Å². The summed E-state index contributed by atoms with van der Waals surface area (Å²) in [5, 5.41) is 0. The van der Waals surface area contributed by atoms with E-state index in [0.717, 1.165) is 18.9 Å². The Morgan fingerprint density at radius 1 is 1.56 bits per heavy atom. The van der Waals surface area contributed by atoms with E-state index < -0.39 is 5.91 Å². The molecule has 2 unspecified atom stereocenters. The molecule has 3 N–H and O–H groups in total. The van der Waals surface area contributed by atoms with Gasteiger partial charge in [0.2, 0.25) is 0 Å². The van der Waals surface area contributed by atoms with Crippen LogP contribution in [0.3, 0.4) is 0 Å². The molecule has 0 aliphatic carbocycles. The maximum absolute atomic E-state index is 11.3. The maximum atomic E-state index is 11.3. The Balaban J connectivity index is 2.00. The van der Waals surface area contributed by atoms with Crippen molar-refractivity contribution >= 4 is 5.91 Å². The summed E-state index contributed by atoms with van der Waals surface area (Å²) in [5.74, 6) is 5.64. The zero-order valence-corrected chi connectivity index (χ0v) is 10.7. The lowest BCUT2D eigenvalue weighted by atomic mass is 10.2. The normalized spacial score (nSPS) is 25.1. The molecule has 0 radical (unpaired) electrons. The van der Waals surface area contributed by atoms with Gasteiger partial charge in [-0.1, -0.05) is 0 Å². The third-order valence-electron chi connectivity index (χ3n) is 3.11. The molecule has 6 nitrogen and oxygen atoms in total. The summed E-state index contributed by atoms with van der Waals surface area (Å²) >= 11 is 0. The molecular formula is C12H19N3O3. The molecule has 2 heterocycles. The van der Waals surface area contributed by atoms with E-state index >= 15 is 0 Å². The van der Waals surface area contributed by atoms with Crippen LogP contribution < -0.4 is 11.3 Å². The quantitative estimate of drug-likeness (QED) is 0.465. The van der Waals surface area contributed by atoms with Crippen molar-refractivity contribution in [3.8, 4) is 0 Å². The average Bonchev–Trinajstić information content (AvgIpc) is 2.81. The molecule has 1 aliphatic rings. The highest BCUT2D eigenvalue weighted by Crippen LogP contribution is 2.17. The first-order valence-electron chi connectivity index (χ1n) is 6.05. The molecule has 0 bridgehead atoms. The number of nitrogen functional groups attached to an aromatic ring is 1. The van der Waals surface area contributed by atoms with E-state index in [1.807, 2.05) is 12.3 Å². The van der Waals surface area contributed by atoms with Crippen molar-refractivity contribution in [1.29, 1.82) is 0 Å².